The zero-order chi connectivity index (χ0) is 13.8. The quantitative estimate of drug-likeness (QED) is 0.826. The van der Waals surface area contributed by atoms with E-state index in [4.69, 9.17) is 0 Å². The van der Waals surface area contributed by atoms with Gasteiger partial charge in [-0.3, -0.25) is 4.68 Å². The van der Waals surface area contributed by atoms with Gasteiger partial charge in [-0.15, -0.1) is 0 Å². The lowest BCUT2D eigenvalue weighted by Crippen LogP contribution is -2.39. The lowest BCUT2D eigenvalue weighted by molar-refractivity contribution is 0.324. The molecule has 1 aromatic rings. The molecule has 3 rings (SSSR count). The summed E-state index contributed by atoms with van der Waals surface area (Å²) < 4.78 is 28.2. The van der Waals surface area contributed by atoms with Gasteiger partial charge in [-0.2, -0.15) is 9.40 Å². The molecule has 0 saturated heterocycles. The van der Waals surface area contributed by atoms with E-state index in [9.17, 15) is 8.42 Å². The topological polar surface area (TPSA) is 55.2 Å². The Labute approximate surface area is 114 Å². The van der Waals surface area contributed by atoms with Crippen molar-refractivity contribution in [3.8, 4) is 0 Å². The number of sulfonamides is 1. The molecule has 0 bridgehead atoms. The van der Waals surface area contributed by atoms with Gasteiger partial charge in [0, 0.05) is 30.8 Å². The highest BCUT2D eigenvalue weighted by Crippen LogP contribution is 2.34. The zero-order valence-corrected chi connectivity index (χ0v) is 12.6. The van der Waals surface area contributed by atoms with E-state index in [1.165, 1.54) is 5.69 Å². The average molecular weight is 283 g/mol. The van der Waals surface area contributed by atoms with Gasteiger partial charge in [0.25, 0.3) is 0 Å². The first-order valence-corrected chi connectivity index (χ1v) is 8.35. The van der Waals surface area contributed by atoms with E-state index in [1.54, 1.807) is 4.31 Å². The van der Waals surface area contributed by atoms with E-state index < -0.39 is 10.0 Å². The summed E-state index contributed by atoms with van der Waals surface area (Å²) in [5.41, 5.74) is 2.20. The second-order valence-corrected chi connectivity index (χ2v) is 8.74. The van der Waals surface area contributed by atoms with E-state index >= 15 is 0 Å². The molecule has 6 heteroatoms. The predicted molar refractivity (Wildman–Crippen MR) is 73.3 cm³/mol. The Bertz CT molecular complexity index is 594. The maximum absolute atomic E-state index is 12.3. The maximum atomic E-state index is 12.3. The Balaban J connectivity index is 1.88. The SMILES string of the molecule is CC(C)(C)n1ncc2c1CCN(S(=O)(=O)C1CC1)C2. The standard InChI is InChI=1S/C13H21N3O2S/c1-13(2,3)16-12-6-7-15(9-10(12)8-14-16)19(17,18)11-4-5-11/h8,11H,4-7,9H2,1-3H3. The third-order valence-corrected chi connectivity index (χ3v) is 6.19. The van der Waals surface area contributed by atoms with E-state index in [1.807, 2.05) is 10.9 Å². The highest BCUT2D eigenvalue weighted by molar-refractivity contribution is 7.90. The molecule has 0 aromatic carbocycles. The first kappa shape index (κ1) is 13.1. The normalized spacial score (nSPS) is 21.4. The highest BCUT2D eigenvalue weighted by atomic mass is 32.2. The Kier molecular flexibility index (Phi) is 2.80. The van der Waals surface area contributed by atoms with E-state index in [0.717, 1.165) is 24.8 Å². The molecule has 1 aliphatic heterocycles. The monoisotopic (exact) mass is 283 g/mol. The molecule has 106 valence electrons. The van der Waals surface area contributed by atoms with Crippen molar-refractivity contribution in [1.82, 2.24) is 14.1 Å². The van der Waals surface area contributed by atoms with Gasteiger partial charge in [-0.1, -0.05) is 0 Å². The number of hydrogen-bond donors (Lipinski definition) is 0. The van der Waals surface area contributed by atoms with Gasteiger partial charge in [0.1, 0.15) is 0 Å². The van der Waals surface area contributed by atoms with Gasteiger partial charge in [0.05, 0.1) is 17.0 Å². The van der Waals surface area contributed by atoms with Crippen LogP contribution in [-0.2, 0) is 28.5 Å². The Hall–Kier alpha value is -0.880. The lowest BCUT2D eigenvalue weighted by atomic mass is 10.1. The zero-order valence-electron chi connectivity index (χ0n) is 11.8. The molecule has 5 nitrogen and oxygen atoms in total. The van der Waals surface area contributed by atoms with Crippen molar-refractivity contribution in [3.05, 3.63) is 17.5 Å². The Morgan fingerprint density at radius 2 is 2.00 bits per heavy atom. The fraction of sp³-hybridized carbons (Fsp3) is 0.769. The van der Waals surface area contributed by atoms with Crippen LogP contribution in [-0.4, -0.2) is 34.3 Å². The summed E-state index contributed by atoms with van der Waals surface area (Å²) in [5.74, 6) is 0. The van der Waals surface area contributed by atoms with Crippen molar-refractivity contribution in [2.45, 2.75) is 57.4 Å². The molecule has 19 heavy (non-hydrogen) atoms. The van der Waals surface area contributed by atoms with E-state index in [0.29, 0.717) is 13.1 Å². The van der Waals surface area contributed by atoms with Crippen LogP contribution < -0.4 is 0 Å². The minimum absolute atomic E-state index is 0.0505. The van der Waals surface area contributed by atoms with E-state index in [2.05, 4.69) is 25.9 Å². The van der Waals surface area contributed by atoms with Crippen molar-refractivity contribution in [2.75, 3.05) is 6.54 Å². The van der Waals surface area contributed by atoms with Gasteiger partial charge < -0.3 is 0 Å². The molecule has 0 unspecified atom stereocenters. The molecule has 0 radical (unpaired) electrons. The van der Waals surface area contributed by atoms with Gasteiger partial charge in [-0.25, -0.2) is 8.42 Å². The molecule has 2 aliphatic rings. The third kappa shape index (κ3) is 2.21. The second-order valence-electron chi connectivity index (χ2n) is 6.53. The molecule has 0 amide bonds. The van der Waals surface area contributed by atoms with Crippen LogP contribution in [0.5, 0.6) is 0 Å². The summed E-state index contributed by atoms with van der Waals surface area (Å²) >= 11 is 0. The van der Waals surface area contributed by atoms with E-state index in [-0.39, 0.29) is 10.8 Å². The smallest absolute Gasteiger partial charge is 0.217 e. The first-order valence-electron chi connectivity index (χ1n) is 6.85. The van der Waals surface area contributed by atoms with Crippen LogP contribution in [0.15, 0.2) is 6.20 Å². The molecular weight excluding hydrogens is 262 g/mol. The van der Waals surface area contributed by atoms with Crippen molar-refractivity contribution in [3.63, 3.8) is 0 Å². The first-order chi connectivity index (χ1) is 8.80. The predicted octanol–water partition coefficient (Wildman–Crippen LogP) is 1.49. The van der Waals surface area contributed by atoms with Crippen molar-refractivity contribution < 1.29 is 8.42 Å². The highest BCUT2D eigenvalue weighted by Gasteiger charge is 2.41. The second kappa shape index (κ2) is 4.06. The Morgan fingerprint density at radius 3 is 2.58 bits per heavy atom. The number of hydrogen-bond acceptors (Lipinski definition) is 3. The van der Waals surface area contributed by atoms with Crippen molar-refractivity contribution in [1.29, 1.82) is 0 Å². The third-order valence-electron chi connectivity index (χ3n) is 3.84. The summed E-state index contributed by atoms with van der Waals surface area (Å²) in [4.78, 5) is 0. The average Bonchev–Trinajstić information content (AvgIpc) is 3.07. The molecule has 0 atom stereocenters. The minimum atomic E-state index is -3.06. The number of rotatable bonds is 2. The van der Waals surface area contributed by atoms with Crippen LogP contribution in [0.1, 0.15) is 44.9 Å². The van der Waals surface area contributed by atoms with Crippen LogP contribution in [0.2, 0.25) is 0 Å². The van der Waals surface area contributed by atoms with Crippen LogP contribution >= 0.6 is 0 Å². The molecule has 0 N–H and O–H groups in total. The number of fused-ring (bicyclic) bond motifs is 1. The van der Waals surface area contributed by atoms with Gasteiger partial charge in [-0.05, 0) is 33.6 Å². The van der Waals surface area contributed by atoms with Crippen LogP contribution in [0, 0.1) is 0 Å². The lowest BCUT2D eigenvalue weighted by Gasteiger charge is -2.29. The molecule has 1 fully saturated rings. The molecule has 1 aromatic heterocycles. The number of aromatic nitrogens is 2. The van der Waals surface area contributed by atoms with Crippen LogP contribution in [0.3, 0.4) is 0 Å². The largest absolute Gasteiger partial charge is 0.264 e. The van der Waals surface area contributed by atoms with Crippen molar-refractivity contribution in [2.24, 2.45) is 0 Å². The summed E-state index contributed by atoms with van der Waals surface area (Å²) in [5, 5.41) is 4.32. The summed E-state index contributed by atoms with van der Waals surface area (Å²) in [6, 6.07) is 0. The summed E-state index contributed by atoms with van der Waals surface area (Å²) in [6.07, 6.45) is 4.24. The maximum Gasteiger partial charge on any atom is 0.217 e. The molecule has 0 spiro atoms. The molecule has 2 heterocycles. The minimum Gasteiger partial charge on any atom is -0.264 e. The van der Waals surface area contributed by atoms with Gasteiger partial charge in [0.2, 0.25) is 10.0 Å². The fourth-order valence-corrected chi connectivity index (χ4v) is 4.50. The molecular formula is C13H21N3O2S. The van der Waals surface area contributed by atoms with Gasteiger partial charge in [0.15, 0.2) is 0 Å². The molecule has 1 aliphatic carbocycles. The Morgan fingerprint density at radius 1 is 1.32 bits per heavy atom. The van der Waals surface area contributed by atoms with Crippen molar-refractivity contribution >= 4 is 10.0 Å². The molecule has 1 saturated carbocycles. The van der Waals surface area contributed by atoms with Gasteiger partial charge >= 0.3 is 0 Å². The van der Waals surface area contributed by atoms with Crippen LogP contribution in [0.4, 0.5) is 0 Å². The van der Waals surface area contributed by atoms with Crippen LogP contribution in [0.25, 0.3) is 0 Å². The summed E-state index contributed by atoms with van der Waals surface area (Å²) in [7, 11) is -3.06. The summed E-state index contributed by atoms with van der Waals surface area (Å²) in [6.45, 7) is 7.44. The number of nitrogens with zero attached hydrogens (tertiary/aromatic N) is 3. The fourth-order valence-electron chi connectivity index (χ4n) is 2.68.